The maximum atomic E-state index is 3.39. The highest BCUT2D eigenvalue weighted by Crippen LogP contribution is 2.11. The van der Waals surface area contributed by atoms with Gasteiger partial charge < -0.3 is 5.32 Å². The first-order valence-electron chi connectivity index (χ1n) is 4.37. The zero-order valence-corrected chi connectivity index (χ0v) is 9.34. The maximum Gasteiger partial charge on any atom is 0.0343 e. The molecule has 1 nitrogen and oxygen atoms in total. The van der Waals surface area contributed by atoms with Gasteiger partial charge in [-0.05, 0) is 24.1 Å². The molecule has 1 aromatic carbocycles. The highest BCUT2D eigenvalue weighted by molar-refractivity contribution is 9.09. The van der Waals surface area contributed by atoms with Crippen LogP contribution in [-0.2, 0) is 0 Å². The molecule has 0 aliphatic rings. The summed E-state index contributed by atoms with van der Waals surface area (Å²) in [5.41, 5.74) is 2.40. The second kappa shape index (κ2) is 5.81. The Hall–Kier alpha value is -0.760. The molecule has 0 spiro atoms. The molecule has 1 N–H and O–H groups in total. The number of hydrogen-bond donors (Lipinski definition) is 1. The average molecular weight is 240 g/mol. The minimum atomic E-state index is 1.02. The summed E-state index contributed by atoms with van der Waals surface area (Å²) in [5, 5.41) is 4.14. The van der Waals surface area contributed by atoms with Crippen molar-refractivity contribution in [2.75, 3.05) is 17.7 Å². The van der Waals surface area contributed by atoms with E-state index in [-0.39, 0.29) is 0 Å². The molecule has 2 heteroatoms. The predicted octanol–water partition coefficient (Wildman–Crippen LogP) is 3.53. The molecule has 1 rings (SSSR count). The molecule has 0 unspecified atom stereocenters. The normalized spacial score (nSPS) is 10.6. The van der Waals surface area contributed by atoms with Crippen molar-refractivity contribution < 1.29 is 0 Å². The second-order valence-electron chi connectivity index (χ2n) is 2.76. The molecule has 0 heterocycles. The van der Waals surface area contributed by atoms with Gasteiger partial charge in [0.2, 0.25) is 0 Å². The molecule has 0 bridgehead atoms. The van der Waals surface area contributed by atoms with Gasteiger partial charge in [0, 0.05) is 18.1 Å². The number of nitrogens with one attached hydrogen (secondary N) is 1. The van der Waals surface area contributed by atoms with E-state index in [0.717, 1.165) is 17.4 Å². The average Bonchev–Trinajstić information content (AvgIpc) is 2.19. The highest BCUT2D eigenvalue weighted by atomic mass is 79.9. The van der Waals surface area contributed by atoms with Crippen molar-refractivity contribution in [2.45, 2.75) is 6.42 Å². The molecule has 70 valence electrons. The monoisotopic (exact) mass is 239 g/mol. The Labute approximate surface area is 88.0 Å². The van der Waals surface area contributed by atoms with Gasteiger partial charge in [-0.1, -0.05) is 40.2 Å². The molecular weight excluding hydrogens is 226 g/mol. The van der Waals surface area contributed by atoms with Gasteiger partial charge in [-0.2, -0.15) is 0 Å². The summed E-state index contributed by atoms with van der Waals surface area (Å²) in [6.45, 7) is 0. The van der Waals surface area contributed by atoms with Crippen LogP contribution >= 0.6 is 15.9 Å². The van der Waals surface area contributed by atoms with Gasteiger partial charge >= 0.3 is 0 Å². The Morgan fingerprint density at radius 2 is 2.31 bits per heavy atom. The molecule has 1 aromatic rings. The zero-order chi connectivity index (χ0) is 9.52. The van der Waals surface area contributed by atoms with Gasteiger partial charge in [-0.3, -0.25) is 0 Å². The topological polar surface area (TPSA) is 12.0 Å². The fraction of sp³-hybridized carbons (Fsp3) is 0.273. The van der Waals surface area contributed by atoms with Gasteiger partial charge in [0.1, 0.15) is 0 Å². The maximum absolute atomic E-state index is 3.39. The van der Waals surface area contributed by atoms with Crippen LogP contribution in [0.1, 0.15) is 12.0 Å². The van der Waals surface area contributed by atoms with E-state index in [1.165, 1.54) is 5.56 Å². The zero-order valence-electron chi connectivity index (χ0n) is 7.76. The second-order valence-corrected chi connectivity index (χ2v) is 3.55. The van der Waals surface area contributed by atoms with Gasteiger partial charge in [-0.15, -0.1) is 0 Å². The number of allylic oxidation sites excluding steroid dienone is 1. The van der Waals surface area contributed by atoms with E-state index in [2.05, 4.69) is 57.7 Å². The third-order valence-corrected chi connectivity index (χ3v) is 2.22. The van der Waals surface area contributed by atoms with Gasteiger partial charge in [0.15, 0.2) is 0 Å². The van der Waals surface area contributed by atoms with Crippen LogP contribution in [0.15, 0.2) is 30.3 Å². The van der Waals surface area contributed by atoms with Crippen LogP contribution in [0.25, 0.3) is 6.08 Å². The summed E-state index contributed by atoms with van der Waals surface area (Å²) in [5.74, 6) is 0. The lowest BCUT2D eigenvalue weighted by Crippen LogP contribution is -1.86. The van der Waals surface area contributed by atoms with Gasteiger partial charge in [-0.25, -0.2) is 0 Å². The van der Waals surface area contributed by atoms with Crippen LogP contribution in [0.2, 0.25) is 0 Å². The SMILES string of the molecule is CNc1cccc(C=CCCBr)c1. The Bertz CT molecular complexity index is 281. The van der Waals surface area contributed by atoms with Crippen molar-refractivity contribution in [1.29, 1.82) is 0 Å². The van der Waals surface area contributed by atoms with E-state index in [1.807, 2.05) is 7.05 Å². The molecule has 13 heavy (non-hydrogen) atoms. The molecule has 0 aliphatic heterocycles. The van der Waals surface area contributed by atoms with Crippen LogP contribution in [0, 0.1) is 0 Å². The standard InChI is InChI=1S/C11H14BrN/c1-13-11-7-4-6-10(9-11)5-2-3-8-12/h2,4-7,9,13H,3,8H2,1H3. The van der Waals surface area contributed by atoms with E-state index < -0.39 is 0 Å². The van der Waals surface area contributed by atoms with Crippen LogP contribution in [-0.4, -0.2) is 12.4 Å². The molecule has 0 aromatic heterocycles. The first-order chi connectivity index (χ1) is 6.36. The van der Waals surface area contributed by atoms with Crippen LogP contribution in [0.5, 0.6) is 0 Å². The Kier molecular flexibility index (Phi) is 4.61. The lowest BCUT2D eigenvalue weighted by Gasteiger charge is -1.99. The summed E-state index contributed by atoms with van der Waals surface area (Å²) in [6.07, 6.45) is 5.38. The molecule has 0 amide bonds. The van der Waals surface area contributed by atoms with Crippen molar-refractivity contribution in [3.05, 3.63) is 35.9 Å². The summed E-state index contributed by atoms with van der Waals surface area (Å²) in [7, 11) is 1.93. The summed E-state index contributed by atoms with van der Waals surface area (Å²) < 4.78 is 0. The Morgan fingerprint density at radius 3 is 3.00 bits per heavy atom. The molecule has 0 saturated carbocycles. The van der Waals surface area contributed by atoms with E-state index in [9.17, 15) is 0 Å². The van der Waals surface area contributed by atoms with Gasteiger partial charge in [0.25, 0.3) is 0 Å². The van der Waals surface area contributed by atoms with Crippen LogP contribution in [0.4, 0.5) is 5.69 Å². The summed E-state index contributed by atoms with van der Waals surface area (Å²) in [4.78, 5) is 0. The first kappa shape index (κ1) is 10.3. The summed E-state index contributed by atoms with van der Waals surface area (Å²) >= 11 is 3.39. The lowest BCUT2D eigenvalue weighted by molar-refractivity contribution is 1.27. The molecule has 0 radical (unpaired) electrons. The largest absolute Gasteiger partial charge is 0.388 e. The van der Waals surface area contributed by atoms with Crippen LogP contribution in [0.3, 0.4) is 0 Å². The third kappa shape index (κ3) is 3.64. The number of halogens is 1. The third-order valence-electron chi connectivity index (χ3n) is 1.76. The number of benzene rings is 1. The molecule has 0 fully saturated rings. The van der Waals surface area contributed by atoms with Gasteiger partial charge in [0.05, 0.1) is 0 Å². The van der Waals surface area contributed by atoms with Crippen molar-refractivity contribution in [3.63, 3.8) is 0 Å². The fourth-order valence-electron chi connectivity index (χ4n) is 1.08. The molecular formula is C11H14BrN. The van der Waals surface area contributed by atoms with E-state index >= 15 is 0 Å². The molecule has 0 saturated heterocycles. The fourth-order valence-corrected chi connectivity index (χ4v) is 1.34. The van der Waals surface area contributed by atoms with Crippen LogP contribution < -0.4 is 5.32 Å². The quantitative estimate of drug-likeness (QED) is 0.794. The smallest absolute Gasteiger partial charge is 0.0343 e. The minimum absolute atomic E-state index is 1.02. The van der Waals surface area contributed by atoms with Crippen molar-refractivity contribution in [2.24, 2.45) is 0 Å². The summed E-state index contributed by atoms with van der Waals surface area (Å²) in [6, 6.07) is 8.35. The van der Waals surface area contributed by atoms with E-state index in [4.69, 9.17) is 0 Å². The minimum Gasteiger partial charge on any atom is -0.388 e. The number of anilines is 1. The number of rotatable bonds is 4. The highest BCUT2D eigenvalue weighted by Gasteiger charge is 1.88. The van der Waals surface area contributed by atoms with E-state index in [0.29, 0.717) is 0 Å². The number of alkyl halides is 1. The first-order valence-corrected chi connectivity index (χ1v) is 5.49. The molecule has 0 atom stereocenters. The van der Waals surface area contributed by atoms with Crippen molar-refractivity contribution in [1.82, 2.24) is 0 Å². The van der Waals surface area contributed by atoms with Crippen molar-refractivity contribution >= 4 is 27.7 Å². The van der Waals surface area contributed by atoms with E-state index in [1.54, 1.807) is 0 Å². The Balaban J connectivity index is 2.66. The predicted molar refractivity (Wildman–Crippen MR) is 63.4 cm³/mol. The molecule has 0 aliphatic carbocycles. The lowest BCUT2D eigenvalue weighted by atomic mass is 10.2. The Morgan fingerprint density at radius 1 is 1.46 bits per heavy atom. The number of hydrogen-bond acceptors (Lipinski definition) is 1. The van der Waals surface area contributed by atoms with Crippen molar-refractivity contribution in [3.8, 4) is 0 Å².